The molecule has 2 rings (SSSR count). The van der Waals surface area contributed by atoms with E-state index in [0.717, 1.165) is 25.1 Å². The number of nitrogens with zero attached hydrogens (tertiary/aromatic N) is 2. The van der Waals surface area contributed by atoms with Crippen molar-refractivity contribution in [1.29, 1.82) is 0 Å². The lowest BCUT2D eigenvalue weighted by atomic mass is 10.0. The average Bonchev–Trinajstić information content (AvgIpc) is 2.85. The van der Waals surface area contributed by atoms with Crippen LogP contribution < -0.4 is 5.32 Å². The predicted octanol–water partition coefficient (Wildman–Crippen LogP) is 0.639. The van der Waals surface area contributed by atoms with Crippen LogP contribution in [0, 0.1) is 5.92 Å². The highest BCUT2D eigenvalue weighted by Crippen LogP contribution is 2.19. The molecule has 106 valence electrons. The Kier molecular flexibility index (Phi) is 5.89. The number of ether oxygens (including phenoxy) is 1. The molecule has 1 N–H and O–H groups in total. The van der Waals surface area contributed by atoms with Gasteiger partial charge in [0, 0.05) is 32.8 Å². The number of nitrogens with one attached hydrogen (secondary N) is 1. The Labute approximate surface area is 112 Å². The van der Waals surface area contributed by atoms with Crippen molar-refractivity contribution < 1.29 is 4.74 Å². The third kappa shape index (κ3) is 4.19. The Hall–Kier alpha value is -0.160. The zero-order chi connectivity index (χ0) is 12.8. The minimum Gasteiger partial charge on any atom is -0.383 e. The van der Waals surface area contributed by atoms with Gasteiger partial charge in [-0.2, -0.15) is 0 Å². The number of likely N-dealkylation sites (tertiary alicyclic amines) is 1. The van der Waals surface area contributed by atoms with Crippen LogP contribution in [-0.4, -0.2) is 75.9 Å². The van der Waals surface area contributed by atoms with Gasteiger partial charge in [0.25, 0.3) is 0 Å². The fourth-order valence-corrected chi connectivity index (χ4v) is 3.29. The van der Waals surface area contributed by atoms with Crippen molar-refractivity contribution >= 4 is 0 Å². The fourth-order valence-electron chi connectivity index (χ4n) is 3.29. The molecule has 4 nitrogen and oxygen atoms in total. The van der Waals surface area contributed by atoms with Crippen molar-refractivity contribution in [2.45, 2.75) is 25.3 Å². The molecule has 0 aromatic heterocycles. The summed E-state index contributed by atoms with van der Waals surface area (Å²) < 4.78 is 5.16. The molecule has 0 spiro atoms. The molecule has 2 saturated heterocycles. The van der Waals surface area contributed by atoms with Gasteiger partial charge in [-0.05, 0) is 51.9 Å². The maximum absolute atomic E-state index is 5.16. The van der Waals surface area contributed by atoms with E-state index in [9.17, 15) is 0 Å². The van der Waals surface area contributed by atoms with Gasteiger partial charge >= 0.3 is 0 Å². The van der Waals surface area contributed by atoms with Gasteiger partial charge in [-0.1, -0.05) is 0 Å². The largest absolute Gasteiger partial charge is 0.383 e. The van der Waals surface area contributed by atoms with Crippen LogP contribution in [0.5, 0.6) is 0 Å². The molecule has 1 atom stereocenters. The lowest BCUT2D eigenvalue weighted by Crippen LogP contribution is -2.43. The van der Waals surface area contributed by atoms with Crippen LogP contribution in [0.3, 0.4) is 0 Å². The molecule has 2 fully saturated rings. The van der Waals surface area contributed by atoms with Gasteiger partial charge in [0.05, 0.1) is 6.61 Å². The van der Waals surface area contributed by atoms with E-state index in [1.807, 2.05) is 0 Å². The van der Waals surface area contributed by atoms with Gasteiger partial charge < -0.3 is 19.9 Å². The van der Waals surface area contributed by atoms with Crippen molar-refractivity contribution in [3.05, 3.63) is 0 Å². The van der Waals surface area contributed by atoms with Crippen LogP contribution >= 0.6 is 0 Å². The maximum atomic E-state index is 5.16. The minimum atomic E-state index is 0.805. The molecule has 0 aliphatic carbocycles. The van der Waals surface area contributed by atoms with E-state index in [2.05, 4.69) is 22.2 Å². The Balaban J connectivity index is 1.66. The zero-order valence-electron chi connectivity index (χ0n) is 12.0. The summed E-state index contributed by atoms with van der Waals surface area (Å²) >= 11 is 0. The van der Waals surface area contributed by atoms with Gasteiger partial charge in [0.15, 0.2) is 0 Å². The second kappa shape index (κ2) is 7.43. The van der Waals surface area contributed by atoms with Crippen LogP contribution in [0.2, 0.25) is 0 Å². The van der Waals surface area contributed by atoms with Crippen LogP contribution in [0.4, 0.5) is 0 Å². The molecule has 0 saturated carbocycles. The van der Waals surface area contributed by atoms with Crippen molar-refractivity contribution in [3.63, 3.8) is 0 Å². The summed E-state index contributed by atoms with van der Waals surface area (Å²) in [5, 5.41) is 3.44. The van der Waals surface area contributed by atoms with Crippen molar-refractivity contribution in [1.82, 2.24) is 15.1 Å². The number of hydrogen-bond acceptors (Lipinski definition) is 4. The molecule has 18 heavy (non-hydrogen) atoms. The SMILES string of the molecule is COCCN1CC[C@@H](CN(C)C2CCNCC2)C1. The molecule has 0 aromatic carbocycles. The van der Waals surface area contributed by atoms with Crippen LogP contribution in [0.1, 0.15) is 19.3 Å². The van der Waals surface area contributed by atoms with Gasteiger partial charge in [0.1, 0.15) is 0 Å². The monoisotopic (exact) mass is 255 g/mol. The van der Waals surface area contributed by atoms with E-state index in [-0.39, 0.29) is 0 Å². The Bertz CT molecular complexity index is 231. The van der Waals surface area contributed by atoms with E-state index in [4.69, 9.17) is 4.74 Å². The standard InChI is InChI=1S/C14H29N3O/c1-16(14-3-6-15-7-4-14)11-13-5-8-17(12-13)9-10-18-2/h13-15H,3-12H2,1-2H3/t13-/m0/s1. The molecule has 4 heteroatoms. The Morgan fingerprint density at radius 2 is 2.06 bits per heavy atom. The quantitative estimate of drug-likeness (QED) is 0.754. The van der Waals surface area contributed by atoms with Crippen LogP contribution in [-0.2, 0) is 4.74 Å². The third-order valence-electron chi connectivity index (χ3n) is 4.46. The number of piperidine rings is 1. The summed E-state index contributed by atoms with van der Waals surface area (Å²) in [6, 6.07) is 0.805. The molecule has 2 heterocycles. The lowest BCUT2D eigenvalue weighted by molar-refractivity contribution is 0.150. The van der Waals surface area contributed by atoms with Crippen molar-refractivity contribution in [2.75, 3.05) is 60.0 Å². The first-order chi connectivity index (χ1) is 8.79. The van der Waals surface area contributed by atoms with E-state index >= 15 is 0 Å². The topological polar surface area (TPSA) is 27.7 Å². The maximum Gasteiger partial charge on any atom is 0.0589 e. The minimum absolute atomic E-state index is 0.805. The summed E-state index contributed by atoms with van der Waals surface area (Å²) in [7, 11) is 4.10. The molecule has 0 unspecified atom stereocenters. The summed E-state index contributed by atoms with van der Waals surface area (Å²) in [5.41, 5.74) is 0. The molecule has 2 aliphatic rings. The van der Waals surface area contributed by atoms with Crippen LogP contribution in [0.25, 0.3) is 0 Å². The second-order valence-electron chi connectivity index (χ2n) is 5.87. The summed E-state index contributed by atoms with van der Waals surface area (Å²) in [6.45, 7) is 8.15. The fraction of sp³-hybridized carbons (Fsp3) is 1.00. The Morgan fingerprint density at radius 3 is 2.78 bits per heavy atom. The zero-order valence-corrected chi connectivity index (χ0v) is 12.0. The first-order valence-electron chi connectivity index (χ1n) is 7.42. The highest BCUT2D eigenvalue weighted by Gasteiger charge is 2.26. The van der Waals surface area contributed by atoms with Gasteiger partial charge in [0.2, 0.25) is 0 Å². The predicted molar refractivity (Wildman–Crippen MR) is 74.9 cm³/mol. The first kappa shape index (κ1) is 14.3. The molecule has 0 radical (unpaired) electrons. The van der Waals surface area contributed by atoms with E-state index in [1.54, 1.807) is 7.11 Å². The normalized spacial score (nSPS) is 27.2. The first-order valence-corrected chi connectivity index (χ1v) is 7.42. The summed E-state index contributed by atoms with van der Waals surface area (Å²) in [6.07, 6.45) is 3.99. The van der Waals surface area contributed by atoms with Gasteiger partial charge in [-0.25, -0.2) is 0 Å². The Morgan fingerprint density at radius 1 is 1.28 bits per heavy atom. The highest BCUT2D eigenvalue weighted by molar-refractivity contribution is 4.81. The number of methoxy groups -OCH3 is 1. The van der Waals surface area contributed by atoms with Gasteiger partial charge in [-0.15, -0.1) is 0 Å². The average molecular weight is 255 g/mol. The van der Waals surface area contributed by atoms with E-state index < -0.39 is 0 Å². The molecule has 0 aromatic rings. The number of rotatable bonds is 6. The molecule has 2 aliphatic heterocycles. The van der Waals surface area contributed by atoms with Crippen LogP contribution in [0.15, 0.2) is 0 Å². The highest BCUT2D eigenvalue weighted by atomic mass is 16.5. The van der Waals surface area contributed by atoms with E-state index in [0.29, 0.717) is 0 Å². The molecular weight excluding hydrogens is 226 g/mol. The van der Waals surface area contributed by atoms with Gasteiger partial charge in [-0.3, -0.25) is 0 Å². The molecule has 0 bridgehead atoms. The summed E-state index contributed by atoms with van der Waals surface area (Å²) in [4.78, 5) is 5.15. The second-order valence-corrected chi connectivity index (χ2v) is 5.87. The summed E-state index contributed by atoms with van der Waals surface area (Å²) in [5.74, 6) is 0.863. The number of hydrogen-bond donors (Lipinski definition) is 1. The van der Waals surface area contributed by atoms with E-state index in [1.165, 1.54) is 52.0 Å². The third-order valence-corrected chi connectivity index (χ3v) is 4.46. The molecular formula is C14H29N3O. The van der Waals surface area contributed by atoms with Crippen molar-refractivity contribution in [3.8, 4) is 0 Å². The lowest BCUT2D eigenvalue weighted by Gasteiger charge is -2.33. The molecule has 0 amide bonds. The van der Waals surface area contributed by atoms with Crippen molar-refractivity contribution in [2.24, 2.45) is 5.92 Å². The smallest absolute Gasteiger partial charge is 0.0589 e.